The van der Waals surface area contributed by atoms with Gasteiger partial charge in [0.2, 0.25) is 0 Å². The molecule has 0 unspecified atom stereocenters. The van der Waals surface area contributed by atoms with Crippen LogP contribution in [0.4, 0.5) is 0 Å². The Labute approximate surface area is 75.8 Å². The second-order valence-electron chi connectivity index (χ2n) is 2.89. The maximum Gasteiger partial charge on any atom is 0.158 e. The van der Waals surface area contributed by atoms with Crippen LogP contribution in [0.3, 0.4) is 0 Å². The van der Waals surface area contributed by atoms with Crippen molar-refractivity contribution in [2.24, 2.45) is 7.05 Å². The third-order valence-electron chi connectivity index (χ3n) is 2.02. The number of hydrogen-bond acceptors (Lipinski definition) is 1. The molecule has 0 aliphatic heterocycles. The van der Waals surface area contributed by atoms with Gasteiger partial charge in [-0.15, -0.1) is 0 Å². The molecule has 0 fully saturated rings. The minimum atomic E-state index is 0.580. The summed E-state index contributed by atoms with van der Waals surface area (Å²) in [6, 6.07) is 6.03. The van der Waals surface area contributed by atoms with Crippen molar-refractivity contribution in [3.05, 3.63) is 28.9 Å². The summed E-state index contributed by atoms with van der Waals surface area (Å²) in [5, 5.41) is 5.74. The van der Waals surface area contributed by atoms with Crippen LogP contribution in [0.5, 0.6) is 0 Å². The zero-order valence-corrected chi connectivity index (χ0v) is 7.76. The molecule has 1 aromatic heterocycles. The zero-order valence-electron chi connectivity index (χ0n) is 7.00. The fourth-order valence-electron chi connectivity index (χ4n) is 1.49. The quantitative estimate of drug-likeness (QED) is 0.609. The lowest BCUT2D eigenvalue weighted by Crippen LogP contribution is -1.90. The predicted octanol–water partition coefficient (Wildman–Crippen LogP) is 2.54. The van der Waals surface area contributed by atoms with Gasteiger partial charge in [0, 0.05) is 12.4 Å². The first-order valence-electron chi connectivity index (χ1n) is 3.78. The molecule has 0 radical (unpaired) electrons. The van der Waals surface area contributed by atoms with Crippen LogP contribution < -0.4 is 0 Å². The molecule has 1 aromatic carbocycles. The molecule has 0 aliphatic rings. The van der Waals surface area contributed by atoms with Gasteiger partial charge in [-0.05, 0) is 18.6 Å². The summed E-state index contributed by atoms with van der Waals surface area (Å²) >= 11 is 5.92. The minimum Gasteiger partial charge on any atom is -0.266 e. The largest absolute Gasteiger partial charge is 0.266 e. The van der Waals surface area contributed by atoms with Gasteiger partial charge in [0.15, 0.2) is 5.15 Å². The van der Waals surface area contributed by atoms with Crippen molar-refractivity contribution in [3.63, 3.8) is 0 Å². The normalized spacial score (nSPS) is 10.9. The molecule has 0 amide bonds. The van der Waals surface area contributed by atoms with Gasteiger partial charge < -0.3 is 0 Å². The van der Waals surface area contributed by atoms with E-state index in [1.807, 2.05) is 23.9 Å². The fraction of sp³-hybridized carbons (Fsp3) is 0.222. The van der Waals surface area contributed by atoms with E-state index in [1.54, 1.807) is 0 Å². The van der Waals surface area contributed by atoms with E-state index >= 15 is 0 Å². The molecule has 62 valence electrons. The number of aromatic nitrogens is 2. The van der Waals surface area contributed by atoms with Crippen LogP contribution >= 0.6 is 11.6 Å². The predicted molar refractivity (Wildman–Crippen MR) is 50.5 cm³/mol. The highest BCUT2D eigenvalue weighted by atomic mass is 35.5. The number of para-hydroxylation sites is 1. The van der Waals surface area contributed by atoms with Crippen molar-refractivity contribution in [3.8, 4) is 0 Å². The highest BCUT2D eigenvalue weighted by Gasteiger charge is 2.06. The first-order valence-corrected chi connectivity index (χ1v) is 4.16. The number of hydrogen-bond donors (Lipinski definition) is 0. The van der Waals surface area contributed by atoms with Crippen LogP contribution in [0.25, 0.3) is 10.9 Å². The first kappa shape index (κ1) is 7.62. The second-order valence-corrected chi connectivity index (χ2v) is 3.24. The summed E-state index contributed by atoms with van der Waals surface area (Å²) in [5.41, 5.74) is 2.32. The van der Waals surface area contributed by atoms with Gasteiger partial charge in [0.05, 0.1) is 5.52 Å². The van der Waals surface area contributed by atoms with Crippen LogP contribution in [-0.2, 0) is 7.05 Å². The number of benzene rings is 1. The third kappa shape index (κ3) is 0.916. The Morgan fingerprint density at radius 3 is 2.83 bits per heavy atom. The average molecular weight is 181 g/mol. The van der Waals surface area contributed by atoms with E-state index in [0.717, 1.165) is 10.9 Å². The second kappa shape index (κ2) is 2.49. The van der Waals surface area contributed by atoms with Crippen molar-refractivity contribution in [2.45, 2.75) is 6.92 Å². The Balaban J connectivity index is 2.99. The Hall–Kier alpha value is -1.02. The molecular formula is C9H9ClN2. The Bertz CT molecular complexity index is 431. The summed E-state index contributed by atoms with van der Waals surface area (Å²) < 4.78 is 1.81. The van der Waals surface area contributed by atoms with E-state index in [1.165, 1.54) is 5.56 Å². The SMILES string of the molecule is Cc1cccc2c(Cl)nn(C)c12. The molecule has 0 saturated heterocycles. The third-order valence-corrected chi connectivity index (χ3v) is 2.30. The van der Waals surface area contributed by atoms with E-state index in [9.17, 15) is 0 Å². The van der Waals surface area contributed by atoms with Crippen LogP contribution in [-0.4, -0.2) is 9.78 Å². The van der Waals surface area contributed by atoms with Crippen molar-refractivity contribution in [1.82, 2.24) is 9.78 Å². The molecule has 0 saturated carbocycles. The summed E-state index contributed by atoms with van der Waals surface area (Å²) in [5.74, 6) is 0. The van der Waals surface area contributed by atoms with Gasteiger partial charge in [-0.1, -0.05) is 23.7 Å². The monoisotopic (exact) mass is 180 g/mol. The highest BCUT2D eigenvalue weighted by Crippen LogP contribution is 2.24. The topological polar surface area (TPSA) is 17.8 Å². The molecule has 3 heteroatoms. The minimum absolute atomic E-state index is 0.580. The fourth-order valence-corrected chi connectivity index (χ4v) is 1.76. The zero-order chi connectivity index (χ0) is 8.72. The first-order chi connectivity index (χ1) is 5.70. The molecular weight excluding hydrogens is 172 g/mol. The van der Waals surface area contributed by atoms with Crippen molar-refractivity contribution >= 4 is 22.5 Å². The smallest absolute Gasteiger partial charge is 0.158 e. The lowest BCUT2D eigenvalue weighted by molar-refractivity contribution is 0.795. The van der Waals surface area contributed by atoms with E-state index in [2.05, 4.69) is 18.1 Å². The molecule has 2 nitrogen and oxygen atoms in total. The maximum atomic E-state index is 5.92. The molecule has 2 aromatic rings. The lowest BCUT2D eigenvalue weighted by Gasteiger charge is -1.96. The van der Waals surface area contributed by atoms with E-state index in [-0.39, 0.29) is 0 Å². The highest BCUT2D eigenvalue weighted by molar-refractivity contribution is 6.34. The van der Waals surface area contributed by atoms with Crippen LogP contribution in [0, 0.1) is 6.92 Å². The number of nitrogens with zero attached hydrogens (tertiary/aromatic N) is 2. The van der Waals surface area contributed by atoms with Crippen LogP contribution in [0.2, 0.25) is 5.15 Å². The number of halogens is 1. The Morgan fingerprint density at radius 1 is 1.42 bits per heavy atom. The number of fused-ring (bicyclic) bond motifs is 1. The molecule has 1 heterocycles. The van der Waals surface area contributed by atoms with Crippen LogP contribution in [0.1, 0.15) is 5.56 Å². The van der Waals surface area contributed by atoms with Gasteiger partial charge in [0.1, 0.15) is 0 Å². The molecule has 0 atom stereocenters. The van der Waals surface area contributed by atoms with E-state index < -0.39 is 0 Å². The standard InChI is InChI=1S/C9H9ClN2/c1-6-4-3-5-7-8(6)12(2)11-9(7)10/h3-5H,1-2H3. The maximum absolute atomic E-state index is 5.92. The summed E-state index contributed by atoms with van der Waals surface area (Å²) in [6.07, 6.45) is 0. The van der Waals surface area contributed by atoms with Gasteiger partial charge in [-0.25, -0.2) is 0 Å². The Kier molecular flexibility index (Phi) is 1.58. The van der Waals surface area contributed by atoms with Gasteiger partial charge in [-0.3, -0.25) is 4.68 Å². The van der Waals surface area contributed by atoms with Gasteiger partial charge >= 0.3 is 0 Å². The van der Waals surface area contributed by atoms with Crippen molar-refractivity contribution in [1.29, 1.82) is 0 Å². The molecule has 0 bridgehead atoms. The lowest BCUT2D eigenvalue weighted by atomic mass is 10.2. The van der Waals surface area contributed by atoms with Crippen LogP contribution in [0.15, 0.2) is 18.2 Å². The van der Waals surface area contributed by atoms with E-state index in [0.29, 0.717) is 5.15 Å². The van der Waals surface area contributed by atoms with Gasteiger partial charge in [-0.2, -0.15) is 5.10 Å². The Morgan fingerprint density at radius 2 is 2.17 bits per heavy atom. The van der Waals surface area contributed by atoms with Crippen molar-refractivity contribution < 1.29 is 0 Å². The summed E-state index contributed by atoms with van der Waals surface area (Å²) in [7, 11) is 1.90. The molecule has 0 spiro atoms. The number of aryl methyl sites for hydroxylation is 2. The average Bonchev–Trinajstić information content (AvgIpc) is 2.29. The number of rotatable bonds is 0. The molecule has 2 rings (SSSR count). The molecule has 0 N–H and O–H groups in total. The van der Waals surface area contributed by atoms with Crippen molar-refractivity contribution in [2.75, 3.05) is 0 Å². The summed E-state index contributed by atoms with van der Waals surface area (Å²) in [6.45, 7) is 2.06. The van der Waals surface area contributed by atoms with Gasteiger partial charge in [0.25, 0.3) is 0 Å². The summed E-state index contributed by atoms with van der Waals surface area (Å²) in [4.78, 5) is 0. The molecule has 12 heavy (non-hydrogen) atoms. The van der Waals surface area contributed by atoms with E-state index in [4.69, 9.17) is 11.6 Å². The molecule has 0 aliphatic carbocycles.